The van der Waals surface area contributed by atoms with Crippen LogP contribution < -0.4 is 0 Å². The van der Waals surface area contributed by atoms with Gasteiger partial charge in [-0.3, -0.25) is 0 Å². The lowest BCUT2D eigenvalue weighted by Crippen LogP contribution is -1.67. The smallest absolute Gasteiger partial charge is 0.146 e. The van der Waals surface area contributed by atoms with E-state index < -0.39 is 0 Å². The number of hydrogen-bond acceptors (Lipinski definition) is 4. The van der Waals surface area contributed by atoms with Gasteiger partial charge < -0.3 is 0 Å². The van der Waals surface area contributed by atoms with Gasteiger partial charge in [-0.2, -0.15) is 0 Å². The number of hydrogen-bond donors (Lipinski definition) is 0. The zero-order valence-electron chi connectivity index (χ0n) is 3.87. The summed E-state index contributed by atoms with van der Waals surface area (Å²) in [6.07, 6.45) is 0. The molecule has 1 aromatic heterocycles. The molecule has 1 rings (SSSR count). The SMILES string of the molecule is BrCSc1nncs1. The van der Waals surface area contributed by atoms with Crippen LogP contribution >= 0.6 is 39.0 Å². The third-order valence-electron chi connectivity index (χ3n) is 0.518. The van der Waals surface area contributed by atoms with Crippen molar-refractivity contribution in [1.29, 1.82) is 0 Å². The molecule has 0 saturated carbocycles. The van der Waals surface area contributed by atoms with Crippen molar-refractivity contribution in [3.8, 4) is 0 Å². The van der Waals surface area contributed by atoms with Crippen LogP contribution in [0.2, 0.25) is 0 Å². The minimum absolute atomic E-state index is 0.891. The van der Waals surface area contributed by atoms with E-state index in [0.717, 1.165) is 9.00 Å². The molecule has 8 heavy (non-hydrogen) atoms. The summed E-state index contributed by atoms with van der Waals surface area (Å²) in [7, 11) is 0. The van der Waals surface area contributed by atoms with Crippen molar-refractivity contribution in [2.75, 3.05) is 4.66 Å². The average molecular weight is 211 g/mol. The Morgan fingerprint density at radius 1 is 1.88 bits per heavy atom. The zero-order chi connectivity index (χ0) is 5.82. The van der Waals surface area contributed by atoms with Crippen molar-refractivity contribution < 1.29 is 0 Å². The molecule has 0 bridgehead atoms. The standard InChI is InChI=1S/C3H3BrN2S2/c4-1-7-3-6-5-2-8-3/h2H,1H2. The fourth-order valence-corrected chi connectivity index (χ4v) is 2.43. The highest BCUT2D eigenvalue weighted by molar-refractivity contribution is 9.11. The van der Waals surface area contributed by atoms with Crippen molar-refractivity contribution in [1.82, 2.24) is 10.2 Å². The van der Waals surface area contributed by atoms with Gasteiger partial charge in [0.05, 0.1) is 4.66 Å². The largest absolute Gasteiger partial charge is 0.174 e. The second-order valence-corrected chi connectivity index (χ2v) is 4.32. The van der Waals surface area contributed by atoms with Crippen LogP contribution in [0.15, 0.2) is 9.85 Å². The zero-order valence-corrected chi connectivity index (χ0v) is 7.09. The van der Waals surface area contributed by atoms with Gasteiger partial charge in [0, 0.05) is 0 Å². The Morgan fingerprint density at radius 2 is 2.75 bits per heavy atom. The average Bonchev–Trinajstić information content (AvgIpc) is 2.19. The molecule has 2 nitrogen and oxygen atoms in total. The third-order valence-corrected chi connectivity index (χ3v) is 2.77. The Morgan fingerprint density at radius 3 is 3.25 bits per heavy atom. The van der Waals surface area contributed by atoms with E-state index in [2.05, 4.69) is 26.1 Å². The molecule has 0 fully saturated rings. The van der Waals surface area contributed by atoms with Gasteiger partial charge >= 0.3 is 0 Å². The molecule has 0 radical (unpaired) electrons. The van der Waals surface area contributed by atoms with Crippen molar-refractivity contribution >= 4 is 39.0 Å². The monoisotopic (exact) mass is 210 g/mol. The summed E-state index contributed by atoms with van der Waals surface area (Å²) in [6.45, 7) is 0. The molecule has 44 valence electrons. The Labute approximate surface area is 63.8 Å². The summed E-state index contributed by atoms with van der Waals surface area (Å²) in [5.74, 6) is 0. The van der Waals surface area contributed by atoms with Gasteiger partial charge in [-0.05, 0) is 0 Å². The van der Waals surface area contributed by atoms with E-state index in [1.165, 1.54) is 0 Å². The summed E-state index contributed by atoms with van der Waals surface area (Å²) in [5.41, 5.74) is 1.73. The summed E-state index contributed by atoms with van der Waals surface area (Å²) in [5, 5.41) is 7.48. The molecular formula is C3H3BrN2S2. The van der Waals surface area contributed by atoms with Gasteiger partial charge in [-0.25, -0.2) is 0 Å². The van der Waals surface area contributed by atoms with Gasteiger partial charge in [-0.15, -0.1) is 10.2 Å². The highest BCUT2D eigenvalue weighted by atomic mass is 79.9. The highest BCUT2D eigenvalue weighted by Crippen LogP contribution is 2.19. The van der Waals surface area contributed by atoms with Crippen LogP contribution in [-0.2, 0) is 0 Å². The lowest BCUT2D eigenvalue weighted by Gasteiger charge is -1.81. The van der Waals surface area contributed by atoms with Crippen LogP contribution in [0.3, 0.4) is 0 Å². The van der Waals surface area contributed by atoms with Crippen molar-refractivity contribution in [3.63, 3.8) is 0 Å². The second kappa shape index (κ2) is 3.42. The maximum absolute atomic E-state index is 3.81. The van der Waals surface area contributed by atoms with Crippen LogP contribution in [-0.4, -0.2) is 14.9 Å². The summed E-state index contributed by atoms with van der Waals surface area (Å²) >= 11 is 6.47. The van der Waals surface area contributed by atoms with Crippen molar-refractivity contribution in [3.05, 3.63) is 5.51 Å². The fourth-order valence-electron chi connectivity index (χ4n) is 0.272. The first-order valence-electron chi connectivity index (χ1n) is 1.88. The number of rotatable bonds is 2. The number of alkyl halides is 1. The van der Waals surface area contributed by atoms with Crippen molar-refractivity contribution in [2.45, 2.75) is 4.34 Å². The summed E-state index contributed by atoms with van der Waals surface area (Å²) in [4.78, 5) is 0. The van der Waals surface area contributed by atoms with Crippen molar-refractivity contribution in [2.24, 2.45) is 0 Å². The van der Waals surface area contributed by atoms with E-state index in [1.807, 2.05) is 0 Å². The van der Waals surface area contributed by atoms with E-state index in [4.69, 9.17) is 0 Å². The van der Waals surface area contributed by atoms with Gasteiger partial charge in [0.2, 0.25) is 0 Å². The molecule has 5 heteroatoms. The summed E-state index contributed by atoms with van der Waals surface area (Å²) < 4.78 is 1.91. The van der Waals surface area contributed by atoms with Crippen LogP contribution in [0.4, 0.5) is 0 Å². The maximum atomic E-state index is 3.81. The molecule has 0 amide bonds. The molecule has 1 heterocycles. The number of nitrogens with zero attached hydrogens (tertiary/aromatic N) is 2. The molecule has 0 N–H and O–H groups in total. The molecule has 0 aliphatic heterocycles. The molecule has 0 spiro atoms. The molecule has 0 atom stereocenters. The molecule has 0 unspecified atom stereocenters. The Hall–Kier alpha value is 0.390. The topological polar surface area (TPSA) is 25.8 Å². The molecule has 0 aliphatic carbocycles. The number of aromatic nitrogens is 2. The Balaban J connectivity index is 2.50. The lowest BCUT2D eigenvalue weighted by molar-refractivity contribution is 1.01. The molecule has 0 aliphatic rings. The highest BCUT2D eigenvalue weighted by Gasteiger charge is 1.91. The van der Waals surface area contributed by atoms with Crippen LogP contribution in [0, 0.1) is 0 Å². The van der Waals surface area contributed by atoms with Gasteiger partial charge in [0.1, 0.15) is 5.51 Å². The minimum atomic E-state index is 0.891. The fraction of sp³-hybridized carbons (Fsp3) is 0.333. The van der Waals surface area contributed by atoms with Crippen LogP contribution in [0.5, 0.6) is 0 Å². The molecule has 0 saturated heterocycles. The first-order valence-corrected chi connectivity index (χ1v) is 4.87. The normalized spacial score (nSPS) is 9.62. The van der Waals surface area contributed by atoms with Crippen LogP contribution in [0.1, 0.15) is 0 Å². The number of thioether (sulfide) groups is 1. The van der Waals surface area contributed by atoms with E-state index in [9.17, 15) is 0 Å². The first kappa shape index (κ1) is 6.51. The second-order valence-electron chi connectivity index (χ2n) is 0.958. The Kier molecular flexibility index (Phi) is 2.78. The molecular weight excluding hydrogens is 208 g/mol. The lowest BCUT2D eigenvalue weighted by atomic mass is 11.6. The van der Waals surface area contributed by atoms with Gasteiger partial charge in [0.15, 0.2) is 4.34 Å². The van der Waals surface area contributed by atoms with Gasteiger partial charge in [-0.1, -0.05) is 39.0 Å². The van der Waals surface area contributed by atoms with E-state index >= 15 is 0 Å². The predicted molar refractivity (Wildman–Crippen MR) is 39.6 cm³/mol. The number of halogens is 1. The predicted octanol–water partition coefficient (Wildman–Crippen LogP) is 1.98. The van der Waals surface area contributed by atoms with Crippen LogP contribution in [0.25, 0.3) is 0 Å². The quantitative estimate of drug-likeness (QED) is 0.552. The summed E-state index contributed by atoms with van der Waals surface area (Å²) in [6, 6.07) is 0. The third kappa shape index (κ3) is 1.72. The van der Waals surface area contributed by atoms with Gasteiger partial charge in [0.25, 0.3) is 0 Å². The minimum Gasteiger partial charge on any atom is -0.146 e. The molecule has 0 aromatic carbocycles. The Bertz CT molecular complexity index is 141. The maximum Gasteiger partial charge on any atom is 0.174 e. The van der Waals surface area contributed by atoms with E-state index in [0.29, 0.717) is 0 Å². The molecule has 1 aromatic rings. The first-order chi connectivity index (χ1) is 3.93. The van der Waals surface area contributed by atoms with E-state index in [1.54, 1.807) is 28.6 Å². The van der Waals surface area contributed by atoms with E-state index in [-0.39, 0.29) is 0 Å².